The molecule has 0 spiro atoms. The summed E-state index contributed by atoms with van der Waals surface area (Å²) in [6.07, 6.45) is -3.00. The zero-order valence-corrected chi connectivity index (χ0v) is 4.86. The van der Waals surface area contributed by atoms with E-state index in [0.29, 0.717) is 0 Å². The van der Waals surface area contributed by atoms with Crippen LogP contribution in [0.4, 0.5) is 8.78 Å². The van der Waals surface area contributed by atoms with Gasteiger partial charge in [-0.3, -0.25) is 9.63 Å². The lowest BCUT2D eigenvalue weighted by molar-refractivity contribution is -0.144. The minimum absolute atomic E-state index is 0.179. The number of alkyl halides is 2. The maximum atomic E-state index is 11.3. The highest BCUT2D eigenvalue weighted by molar-refractivity contribution is 5.77. The summed E-state index contributed by atoms with van der Waals surface area (Å²) >= 11 is 0. The number of halogens is 2. The molecule has 0 aliphatic rings. The molecule has 0 aromatic heterocycles. The fourth-order valence-corrected chi connectivity index (χ4v) is 0.188. The van der Waals surface area contributed by atoms with Crippen molar-refractivity contribution in [2.24, 2.45) is 0 Å². The number of rotatable bonds is 3. The van der Waals surface area contributed by atoms with E-state index in [2.05, 4.69) is 4.84 Å². The number of hydrogen-bond acceptors (Lipinski definition) is 2. The van der Waals surface area contributed by atoms with Gasteiger partial charge in [0.05, 0.1) is 6.61 Å². The third-order valence-corrected chi connectivity index (χ3v) is 0.515. The van der Waals surface area contributed by atoms with E-state index in [9.17, 15) is 13.6 Å². The van der Waals surface area contributed by atoms with Crippen molar-refractivity contribution in [1.29, 1.82) is 0 Å². The minimum Gasteiger partial charge on any atom is -0.274 e. The lowest BCUT2D eigenvalue weighted by Gasteiger charge is -2.00. The van der Waals surface area contributed by atoms with Gasteiger partial charge < -0.3 is 0 Å². The summed E-state index contributed by atoms with van der Waals surface area (Å²) in [5, 5.41) is 0. The van der Waals surface area contributed by atoms with Gasteiger partial charge in [-0.1, -0.05) is 0 Å². The Balaban J connectivity index is 3.28. The Morgan fingerprint density at radius 3 is 2.67 bits per heavy atom. The van der Waals surface area contributed by atoms with Gasteiger partial charge in [-0.15, -0.1) is 0 Å². The second kappa shape index (κ2) is 4.20. The normalized spacial score (nSPS) is 9.78. The highest BCUT2D eigenvalue weighted by Crippen LogP contribution is 1.89. The number of nitrogens with one attached hydrogen (secondary N) is 1. The van der Waals surface area contributed by atoms with Crippen molar-refractivity contribution in [3.8, 4) is 0 Å². The van der Waals surface area contributed by atoms with Crippen LogP contribution in [-0.4, -0.2) is 18.9 Å². The molecule has 0 aromatic carbocycles. The first-order valence-electron chi connectivity index (χ1n) is 2.38. The fraction of sp³-hybridized carbons (Fsp3) is 0.750. The van der Waals surface area contributed by atoms with Crippen LogP contribution in [0.3, 0.4) is 0 Å². The zero-order chi connectivity index (χ0) is 7.28. The van der Waals surface area contributed by atoms with Crippen LogP contribution in [0.2, 0.25) is 0 Å². The molecule has 0 aromatic rings. The van der Waals surface area contributed by atoms with E-state index in [1.54, 1.807) is 12.4 Å². The van der Waals surface area contributed by atoms with Gasteiger partial charge in [-0.05, 0) is 6.92 Å². The van der Waals surface area contributed by atoms with Crippen LogP contribution in [0.25, 0.3) is 0 Å². The van der Waals surface area contributed by atoms with Gasteiger partial charge in [-0.2, -0.15) is 8.78 Å². The summed E-state index contributed by atoms with van der Waals surface area (Å²) in [5.74, 6) is -1.41. The van der Waals surface area contributed by atoms with E-state index in [1.807, 2.05) is 0 Å². The monoisotopic (exact) mass is 139 g/mol. The summed E-state index contributed by atoms with van der Waals surface area (Å²) in [6, 6.07) is 0. The minimum atomic E-state index is -3.00. The Kier molecular flexibility index (Phi) is 3.87. The van der Waals surface area contributed by atoms with E-state index in [-0.39, 0.29) is 6.61 Å². The maximum Gasteiger partial charge on any atom is 0.317 e. The molecule has 1 amide bonds. The third kappa shape index (κ3) is 3.84. The lowest BCUT2D eigenvalue weighted by Crippen LogP contribution is -2.29. The van der Waals surface area contributed by atoms with E-state index >= 15 is 0 Å². The van der Waals surface area contributed by atoms with Gasteiger partial charge in [0.1, 0.15) is 0 Å². The van der Waals surface area contributed by atoms with Crippen LogP contribution >= 0.6 is 0 Å². The molecular formula is C4H7F2NO2. The number of hydroxylamine groups is 1. The first kappa shape index (κ1) is 8.29. The first-order chi connectivity index (χ1) is 4.18. The smallest absolute Gasteiger partial charge is 0.274 e. The Labute approximate surface area is 50.9 Å². The van der Waals surface area contributed by atoms with E-state index in [0.717, 1.165) is 0 Å². The van der Waals surface area contributed by atoms with Crippen LogP contribution in [0.1, 0.15) is 6.92 Å². The molecule has 3 nitrogen and oxygen atoms in total. The summed E-state index contributed by atoms with van der Waals surface area (Å²) in [4.78, 5) is 14.1. The molecule has 0 fully saturated rings. The quantitative estimate of drug-likeness (QED) is 0.572. The van der Waals surface area contributed by atoms with E-state index < -0.39 is 12.3 Å². The van der Waals surface area contributed by atoms with Crippen molar-refractivity contribution in [2.45, 2.75) is 13.3 Å². The van der Waals surface area contributed by atoms with Crippen molar-refractivity contribution in [2.75, 3.05) is 6.61 Å². The molecule has 0 aliphatic carbocycles. The van der Waals surface area contributed by atoms with Gasteiger partial charge in [-0.25, -0.2) is 5.48 Å². The molecule has 0 heterocycles. The highest BCUT2D eigenvalue weighted by Gasteiger charge is 2.13. The number of carbonyl (C=O) groups is 1. The SMILES string of the molecule is CCONC(=O)C(F)F. The van der Waals surface area contributed by atoms with E-state index in [1.165, 1.54) is 0 Å². The summed E-state index contributed by atoms with van der Waals surface area (Å²) in [7, 11) is 0. The Bertz CT molecular complexity index is 96.6. The molecular weight excluding hydrogens is 132 g/mol. The Morgan fingerprint density at radius 1 is 1.78 bits per heavy atom. The lowest BCUT2D eigenvalue weighted by atomic mass is 10.7. The van der Waals surface area contributed by atoms with Crippen molar-refractivity contribution < 1.29 is 18.4 Å². The topological polar surface area (TPSA) is 38.3 Å². The number of amides is 1. The second-order valence-electron chi connectivity index (χ2n) is 1.20. The molecule has 0 saturated heterocycles. The molecule has 9 heavy (non-hydrogen) atoms. The molecule has 0 saturated carbocycles. The Hall–Kier alpha value is -0.710. The summed E-state index contributed by atoms with van der Waals surface area (Å²) < 4.78 is 22.5. The van der Waals surface area contributed by atoms with Crippen molar-refractivity contribution in [3.05, 3.63) is 0 Å². The molecule has 0 radical (unpaired) electrons. The average Bonchev–Trinajstić information content (AvgIpc) is 1.82. The van der Waals surface area contributed by atoms with Gasteiger partial charge in [0.15, 0.2) is 0 Å². The number of carbonyl (C=O) groups excluding carboxylic acids is 1. The predicted molar refractivity (Wildman–Crippen MR) is 25.8 cm³/mol. The van der Waals surface area contributed by atoms with E-state index in [4.69, 9.17) is 0 Å². The van der Waals surface area contributed by atoms with Crippen LogP contribution in [0.15, 0.2) is 0 Å². The van der Waals surface area contributed by atoms with Gasteiger partial charge >= 0.3 is 12.3 Å². The molecule has 54 valence electrons. The zero-order valence-electron chi connectivity index (χ0n) is 4.86. The Morgan fingerprint density at radius 2 is 2.33 bits per heavy atom. The molecule has 0 unspecified atom stereocenters. The van der Waals surface area contributed by atoms with Crippen molar-refractivity contribution in [3.63, 3.8) is 0 Å². The standard InChI is InChI=1S/C4H7F2NO2/c1-2-9-7-4(8)3(5)6/h3H,2H2,1H3,(H,7,8). The summed E-state index contributed by atoms with van der Waals surface area (Å²) in [6.45, 7) is 1.75. The largest absolute Gasteiger partial charge is 0.317 e. The fourth-order valence-electron chi connectivity index (χ4n) is 0.188. The number of hydrogen-bond donors (Lipinski definition) is 1. The second-order valence-corrected chi connectivity index (χ2v) is 1.20. The van der Waals surface area contributed by atoms with Gasteiger partial charge in [0.25, 0.3) is 0 Å². The summed E-state index contributed by atoms with van der Waals surface area (Å²) in [5.41, 5.74) is 1.54. The molecule has 1 N–H and O–H groups in total. The van der Waals surface area contributed by atoms with Crippen molar-refractivity contribution in [1.82, 2.24) is 5.48 Å². The average molecular weight is 139 g/mol. The van der Waals surface area contributed by atoms with Crippen LogP contribution < -0.4 is 5.48 Å². The van der Waals surface area contributed by atoms with Gasteiger partial charge in [0, 0.05) is 0 Å². The highest BCUT2D eigenvalue weighted by atomic mass is 19.3. The predicted octanol–water partition coefficient (Wildman–Crippen LogP) is 0.319. The maximum absolute atomic E-state index is 11.3. The van der Waals surface area contributed by atoms with Gasteiger partial charge in [0.2, 0.25) is 0 Å². The molecule has 5 heteroatoms. The molecule has 0 rings (SSSR count). The molecule has 0 bridgehead atoms. The molecule has 0 aliphatic heterocycles. The molecule has 0 atom stereocenters. The third-order valence-electron chi connectivity index (χ3n) is 0.515. The van der Waals surface area contributed by atoms with Crippen LogP contribution in [0, 0.1) is 0 Å². The first-order valence-corrected chi connectivity index (χ1v) is 2.38. The van der Waals surface area contributed by atoms with Crippen LogP contribution in [0.5, 0.6) is 0 Å². The van der Waals surface area contributed by atoms with Crippen molar-refractivity contribution >= 4 is 5.91 Å². The van der Waals surface area contributed by atoms with Crippen LogP contribution in [-0.2, 0) is 9.63 Å².